The number of amides is 1. The van der Waals surface area contributed by atoms with Crippen LogP contribution in [0.4, 0.5) is 17.2 Å². The van der Waals surface area contributed by atoms with Crippen LogP contribution in [0.3, 0.4) is 0 Å². The van der Waals surface area contributed by atoms with Crippen LogP contribution in [-0.4, -0.2) is 10.9 Å². The van der Waals surface area contributed by atoms with Gasteiger partial charge >= 0.3 is 0 Å². The lowest BCUT2D eigenvalue weighted by atomic mass is 9.85. The van der Waals surface area contributed by atoms with Crippen molar-refractivity contribution in [3.8, 4) is 0 Å². The summed E-state index contributed by atoms with van der Waals surface area (Å²) in [4.78, 5) is 16.1. The molecule has 1 aromatic carbocycles. The van der Waals surface area contributed by atoms with Gasteiger partial charge in [-0.05, 0) is 43.2 Å². The number of aromatic nitrogens is 1. The van der Waals surface area contributed by atoms with E-state index in [0.29, 0.717) is 10.8 Å². The second-order valence-electron chi connectivity index (χ2n) is 5.18. The fourth-order valence-electron chi connectivity index (χ4n) is 2.17. The molecule has 0 bridgehead atoms. The highest BCUT2D eigenvalue weighted by Crippen LogP contribution is 2.27. The van der Waals surface area contributed by atoms with Crippen LogP contribution in [0.15, 0.2) is 42.6 Å². The van der Waals surface area contributed by atoms with Crippen molar-refractivity contribution in [2.45, 2.75) is 19.3 Å². The Hall–Kier alpha value is -2.07. The number of carbonyl (C=O) groups is 1. The molecule has 3 rings (SSSR count). The Morgan fingerprint density at radius 3 is 2.67 bits per heavy atom. The van der Waals surface area contributed by atoms with Gasteiger partial charge in [0.1, 0.15) is 5.82 Å². The van der Waals surface area contributed by atoms with Gasteiger partial charge in [-0.3, -0.25) is 4.79 Å². The molecule has 0 radical (unpaired) electrons. The largest absolute Gasteiger partial charge is 0.354 e. The van der Waals surface area contributed by atoms with Crippen molar-refractivity contribution in [3.63, 3.8) is 0 Å². The van der Waals surface area contributed by atoms with E-state index in [9.17, 15) is 4.79 Å². The van der Waals surface area contributed by atoms with Gasteiger partial charge in [0.25, 0.3) is 0 Å². The molecule has 1 heterocycles. The van der Waals surface area contributed by atoms with Crippen molar-refractivity contribution in [1.29, 1.82) is 0 Å². The zero-order valence-corrected chi connectivity index (χ0v) is 12.2. The summed E-state index contributed by atoms with van der Waals surface area (Å²) in [5.41, 5.74) is 1.74. The van der Waals surface area contributed by atoms with Crippen LogP contribution in [0.1, 0.15) is 19.3 Å². The van der Waals surface area contributed by atoms with Crippen LogP contribution in [0.25, 0.3) is 0 Å². The predicted molar refractivity (Wildman–Crippen MR) is 84.9 cm³/mol. The number of anilines is 3. The highest BCUT2D eigenvalue weighted by molar-refractivity contribution is 6.30. The molecule has 1 aromatic heterocycles. The number of nitrogens with zero attached hydrogens (tertiary/aromatic N) is 1. The Labute approximate surface area is 128 Å². The summed E-state index contributed by atoms with van der Waals surface area (Å²) in [6.07, 6.45) is 4.81. The zero-order valence-electron chi connectivity index (χ0n) is 11.5. The van der Waals surface area contributed by atoms with Crippen LogP contribution in [-0.2, 0) is 4.79 Å². The fraction of sp³-hybridized carbons (Fsp3) is 0.250. The standard InChI is InChI=1S/C16H16ClN3O/c17-12-5-2-6-13(9-12)19-14-7-8-15(18-10-14)20-16(21)11-3-1-4-11/h2,5-11,19H,1,3-4H2,(H,18,20,21). The number of pyridine rings is 1. The maximum Gasteiger partial charge on any atom is 0.228 e. The molecule has 0 atom stereocenters. The molecule has 5 heteroatoms. The molecule has 4 nitrogen and oxygen atoms in total. The van der Waals surface area contributed by atoms with Crippen molar-refractivity contribution in [2.24, 2.45) is 5.92 Å². The topological polar surface area (TPSA) is 54.0 Å². The molecule has 2 N–H and O–H groups in total. The van der Waals surface area contributed by atoms with Gasteiger partial charge in [-0.2, -0.15) is 0 Å². The number of nitrogens with one attached hydrogen (secondary N) is 2. The van der Waals surface area contributed by atoms with E-state index >= 15 is 0 Å². The molecule has 0 aliphatic heterocycles. The Morgan fingerprint density at radius 2 is 2.05 bits per heavy atom. The van der Waals surface area contributed by atoms with Crippen molar-refractivity contribution in [1.82, 2.24) is 4.98 Å². The Kier molecular flexibility index (Phi) is 4.06. The summed E-state index contributed by atoms with van der Waals surface area (Å²) in [6.45, 7) is 0. The summed E-state index contributed by atoms with van der Waals surface area (Å²) in [6, 6.07) is 11.1. The van der Waals surface area contributed by atoms with Crippen LogP contribution in [0.5, 0.6) is 0 Å². The number of halogens is 1. The highest BCUT2D eigenvalue weighted by Gasteiger charge is 2.25. The van der Waals surface area contributed by atoms with E-state index in [4.69, 9.17) is 11.6 Å². The molecule has 2 aromatic rings. The second-order valence-corrected chi connectivity index (χ2v) is 5.62. The summed E-state index contributed by atoms with van der Waals surface area (Å²) in [5.74, 6) is 0.823. The van der Waals surface area contributed by atoms with Crippen molar-refractivity contribution < 1.29 is 4.79 Å². The summed E-state index contributed by atoms with van der Waals surface area (Å²) in [5, 5.41) is 6.73. The van der Waals surface area contributed by atoms with Gasteiger partial charge in [-0.15, -0.1) is 0 Å². The number of rotatable bonds is 4. The van der Waals surface area contributed by atoms with Gasteiger partial charge < -0.3 is 10.6 Å². The quantitative estimate of drug-likeness (QED) is 0.889. The number of hydrogen-bond acceptors (Lipinski definition) is 3. The van der Waals surface area contributed by atoms with Crippen LogP contribution < -0.4 is 10.6 Å². The third-order valence-electron chi connectivity index (χ3n) is 3.60. The molecule has 1 amide bonds. The SMILES string of the molecule is O=C(Nc1ccc(Nc2cccc(Cl)c2)cn1)C1CCC1. The van der Waals surface area contributed by atoms with Gasteiger partial charge in [0, 0.05) is 16.6 Å². The third kappa shape index (κ3) is 3.52. The molecular weight excluding hydrogens is 286 g/mol. The minimum Gasteiger partial charge on any atom is -0.354 e. The normalized spacial score (nSPS) is 14.3. The maximum absolute atomic E-state index is 11.8. The molecule has 1 aliphatic carbocycles. The van der Waals surface area contributed by atoms with Gasteiger partial charge in [-0.1, -0.05) is 24.1 Å². The van der Waals surface area contributed by atoms with Crippen molar-refractivity contribution >= 4 is 34.7 Å². The van der Waals surface area contributed by atoms with Gasteiger partial charge in [0.15, 0.2) is 0 Å². The second kappa shape index (κ2) is 6.14. The number of carbonyl (C=O) groups excluding carboxylic acids is 1. The third-order valence-corrected chi connectivity index (χ3v) is 3.84. The smallest absolute Gasteiger partial charge is 0.228 e. The van der Waals surface area contributed by atoms with Gasteiger partial charge in [0.2, 0.25) is 5.91 Å². The summed E-state index contributed by atoms with van der Waals surface area (Å²) in [7, 11) is 0. The van der Waals surface area contributed by atoms with Crippen molar-refractivity contribution in [3.05, 3.63) is 47.6 Å². The molecule has 108 valence electrons. The fourth-order valence-corrected chi connectivity index (χ4v) is 2.36. The van der Waals surface area contributed by atoms with E-state index in [1.54, 1.807) is 12.3 Å². The maximum atomic E-state index is 11.8. The van der Waals surface area contributed by atoms with Gasteiger partial charge in [-0.25, -0.2) is 4.98 Å². The first-order chi connectivity index (χ1) is 10.2. The molecule has 1 saturated carbocycles. The first-order valence-corrected chi connectivity index (χ1v) is 7.38. The molecular formula is C16H16ClN3O. The number of hydrogen-bond donors (Lipinski definition) is 2. The molecule has 0 unspecified atom stereocenters. The Morgan fingerprint density at radius 1 is 1.19 bits per heavy atom. The van der Waals surface area contributed by atoms with Crippen LogP contribution in [0.2, 0.25) is 5.02 Å². The molecule has 0 spiro atoms. The van der Waals surface area contributed by atoms with E-state index < -0.39 is 0 Å². The minimum atomic E-state index is 0.0734. The van der Waals surface area contributed by atoms with Crippen LogP contribution in [0, 0.1) is 5.92 Å². The van der Waals surface area contributed by atoms with Gasteiger partial charge in [0.05, 0.1) is 11.9 Å². The summed E-state index contributed by atoms with van der Waals surface area (Å²) >= 11 is 5.94. The molecule has 0 saturated heterocycles. The Balaban J connectivity index is 1.62. The number of benzene rings is 1. The van der Waals surface area contributed by atoms with E-state index in [1.807, 2.05) is 30.3 Å². The van der Waals surface area contributed by atoms with Crippen LogP contribution >= 0.6 is 11.6 Å². The average Bonchev–Trinajstić information content (AvgIpc) is 2.39. The van der Waals surface area contributed by atoms with E-state index in [-0.39, 0.29) is 11.8 Å². The van der Waals surface area contributed by atoms with E-state index in [1.165, 1.54) is 0 Å². The molecule has 21 heavy (non-hydrogen) atoms. The van der Waals surface area contributed by atoms with E-state index in [2.05, 4.69) is 15.6 Å². The lowest BCUT2D eigenvalue weighted by molar-refractivity contribution is -0.122. The lowest BCUT2D eigenvalue weighted by Gasteiger charge is -2.23. The minimum absolute atomic E-state index is 0.0734. The monoisotopic (exact) mass is 301 g/mol. The van der Waals surface area contributed by atoms with Crippen molar-refractivity contribution in [2.75, 3.05) is 10.6 Å². The lowest BCUT2D eigenvalue weighted by Crippen LogP contribution is -2.28. The molecule has 1 aliphatic rings. The zero-order chi connectivity index (χ0) is 14.7. The Bertz CT molecular complexity index is 638. The molecule has 1 fully saturated rings. The summed E-state index contributed by atoms with van der Waals surface area (Å²) < 4.78 is 0. The first kappa shape index (κ1) is 13.9. The van der Waals surface area contributed by atoms with E-state index in [0.717, 1.165) is 30.6 Å². The highest BCUT2D eigenvalue weighted by atomic mass is 35.5. The first-order valence-electron chi connectivity index (χ1n) is 7.00. The average molecular weight is 302 g/mol. The predicted octanol–water partition coefficient (Wildman–Crippen LogP) is 4.22.